The highest BCUT2D eigenvalue weighted by molar-refractivity contribution is 5.37. The molecule has 0 amide bonds. The van der Waals surface area contributed by atoms with E-state index in [0.29, 0.717) is 12.4 Å². The van der Waals surface area contributed by atoms with Gasteiger partial charge in [-0.15, -0.1) is 0 Å². The second-order valence-electron chi connectivity index (χ2n) is 5.22. The Morgan fingerprint density at radius 3 is 2.60 bits per heavy atom. The van der Waals surface area contributed by atoms with Crippen molar-refractivity contribution < 1.29 is 9.53 Å². The minimum Gasteiger partial charge on any atom is -0.464 e. The average molecular weight is 210 g/mol. The SMILES string of the molecule is CC1=C(C)CC(C)([C@@H](C)OC=O)C(C)C1. The van der Waals surface area contributed by atoms with Crippen LogP contribution in [-0.4, -0.2) is 12.6 Å². The first-order valence-corrected chi connectivity index (χ1v) is 5.66. The van der Waals surface area contributed by atoms with Crippen LogP contribution in [0.15, 0.2) is 11.1 Å². The highest BCUT2D eigenvalue weighted by atomic mass is 16.5. The summed E-state index contributed by atoms with van der Waals surface area (Å²) >= 11 is 0. The van der Waals surface area contributed by atoms with E-state index in [9.17, 15) is 4.79 Å². The Hall–Kier alpha value is -0.790. The molecule has 0 aromatic carbocycles. The van der Waals surface area contributed by atoms with E-state index in [4.69, 9.17) is 4.74 Å². The Morgan fingerprint density at radius 2 is 2.07 bits per heavy atom. The summed E-state index contributed by atoms with van der Waals surface area (Å²) < 4.78 is 5.14. The van der Waals surface area contributed by atoms with Gasteiger partial charge in [0.2, 0.25) is 0 Å². The molecule has 0 aliphatic heterocycles. The second kappa shape index (κ2) is 4.38. The van der Waals surface area contributed by atoms with E-state index in [1.807, 2.05) is 6.92 Å². The van der Waals surface area contributed by atoms with Gasteiger partial charge in [0.25, 0.3) is 6.47 Å². The van der Waals surface area contributed by atoms with Gasteiger partial charge in [0.05, 0.1) is 0 Å². The molecule has 86 valence electrons. The molecule has 0 radical (unpaired) electrons. The Morgan fingerprint density at radius 1 is 1.47 bits per heavy atom. The summed E-state index contributed by atoms with van der Waals surface area (Å²) in [6, 6.07) is 0. The number of carbonyl (C=O) groups is 1. The molecule has 0 N–H and O–H groups in total. The molecule has 2 unspecified atom stereocenters. The van der Waals surface area contributed by atoms with Crippen LogP contribution < -0.4 is 0 Å². The zero-order valence-electron chi connectivity index (χ0n) is 10.5. The van der Waals surface area contributed by atoms with Crippen LogP contribution in [-0.2, 0) is 9.53 Å². The maximum atomic E-state index is 10.4. The molecule has 0 aromatic rings. The molecule has 0 aromatic heterocycles. The highest BCUT2D eigenvalue weighted by Crippen LogP contribution is 2.46. The quantitative estimate of drug-likeness (QED) is 0.527. The van der Waals surface area contributed by atoms with Gasteiger partial charge in [-0.3, -0.25) is 4.79 Å². The smallest absolute Gasteiger partial charge is 0.293 e. The van der Waals surface area contributed by atoms with Crippen molar-refractivity contribution in [2.24, 2.45) is 11.3 Å². The minimum absolute atomic E-state index is 0.00644. The first kappa shape index (κ1) is 12.3. The van der Waals surface area contributed by atoms with Crippen LogP contribution in [0.5, 0.6) is 0 Å². The van der Waals surface area contributed by atoms with E-state index in [2.05, 4.69) is 27.7 Å². The normalized spacial score (nSPS) is 33.8. The van der Waals surface area contributed by atoms with E-state index < -0.39 is 0 Å². The topological polar surface area (TPSA) is 26.3 Å². The number of carbonyl (C=O) groups excluding carboxylic acids is 1. The third kappa shape index (κ3) is 2.24. The largest absolute Gasteiger partial charge is 0.464 e. The first-order valence-electron chi connectivity index (χ1n) is 5.66. The lowest BCUT2D eigenvalue weighted by molar-refractivity contribution is -0.141. The fraction of sp³-hybridized carbons (Fsp3) is 0.769. The lowest BCUT2D eigenvalue weighted by Crippen LogP contribution is -2.40. The van der Waals surface area contributed by atoms with Gasteiger partial charge >= 0.3 is 0 Å². The van der Waals surface area contributed by atoms with Crippen molar-refractivity contribution in [1.29, 1.82) is 0 Å². The summed E-state index contributed by atoms with van der Waals surface area (Å²) in [5.41, 5.74) is 3.04. The van der Waals surface area contributed by atoms with Crippen molar-refractivity contribution in [1.82, 2.24) is 0 Å². The lowest BCUT2D eigenvalue weighted by Gasteiger charge is -2.43. The van der Waals surface area contributed by atoms with Crippen molar-refractivity contribution in [2.75, 3.05) is 0 Å². The Balaban J connectivity index is 2.89. The Kier molecular flexibility index (Phi) is 3.58. The van der Waals surface area contributed by atoms with Crippen LogP contribution in [0.2, 0.25) is 0 Å². The standard InChI is InChI=1S/C13H22O2/c1-9-6-11(3)13(5,7-10(9)2)12(4)15-8-14/h8,11-12H,6-7H2,1-5H3/t11?,12-,13?/m1/s1. The highest BCUT2D eigenvalue weighted by Gasteiger charge is 2.40. The summed E-state index contributed by atoms with van der Waals surface area (Å²) in [5.74, 6) is 0.566. The molecule has 2 nitrogen and oxygen atoms in total. The van der Waals surface area contributed by atoms with Crippen LogP contribution in [0.25, 0.3) is 0 Å². The van der Waals surface area contributed by atoms with Crippen molar-refractivity contribution in [3.63, 3.8) is 0 Å². The first-order chi connectivity index (χ1) is 6.91. The molecule has 0 saturated heterocycles. The van der Waals surface area contributed by atoms with Crippen molar-refractivity contribution in [2.45, 2.75) is 53.6 Å². The van der Waals surface area contributed by atoms with Crippen LogP contribution in [0.4, 0.5) is 0 Å². The van der Waals surface area contributed by atoms with Gasteiger partial charge in [-0.25, -0.2) is 0 Å². The molecule has 0 heterocycles. The van der Waals surface area contributed by atoms with Crippen LogP contribution in [0, 0.1) is 11.3 Å². The summed E-state index contributed by atoms with van der Waals surface area (Å²) in [6.45, 7) is 11.4. The summed E-state index contributed by atoms with van der Waals surface area (Å²) in [6.07, 6.45) is 2.15. The molecule has 1 aliphatic rings. The third-order valence-electron chi connectivity index (χ3n) is 4.30. The minimum atomic E-state index is -0.00644. The maximum Gasteiger partial charge on any atom is 0.293 e. The number of hydrogen-bond acceptors (Lipinski definition) is 2. The van der Waals surface area contributed by atoms with E-state index in [0.717, 1.165) is 12.8 Å². The van der Waals surface area contributed by atoms with Gasteiger partial charge in [0.15, 0.2) is 0 Å². The molecule has 1 rings (SSSR count). The van der Waals surface area contributed by atoms with Crippen molar-refractivity contribution in [3.8, 4) is 0 Å². The number of hydrogen-bond donors (Lipinski definition) is 0. The monoisotopic (exact) mass is 210 g/mol. The molecule has 0 fully saturated rings. The van der Waals surface area contributed by atoms with E-state index >= 15 is 0 Å². The van der Waals surface area contributed by atoms with Gasteiger partial charge in [-0.1, -0.05) is 25.0 Å². The predicted octanol–water partition coefficient (Wildman–Crippen LogP) is 3.32. The van der Waals surface area contributed by atoms with Crippen LogP contribution >= 0.6 is 0 Å². The van der Waals surface area contributed by atoms with Gasteiger partial charge in [0, 0.05) is 5.41 Å². The molecule has 2 heteroatoms. The van der Waals surface area contributed by atoms with Gasteiger partial charge in [0.1, 0.15) is 6.10 Å². The molecular formula is C13H22O2. The van der Waals surface area contributed by atoms with Crippen LogP contribution in [0.1, 0.15) is 47.5 Å². The molecular weight excluding hydrogens is 188 g/mol. The third-order valence-corrected chi connectivity index (χ3v) is 4.30. The number of allylic oxidation sites excluding steroid dienone is 2. The predicted molar refractivity (Wildman–Crippen MR) is 61.5 cm³/mol. The molecule has 1 aliphatic carbocycles. The van der Waals surface area contributed by atoms with Crippen molar-refractivity contribution >= 4 is 6.47 Å². The second-order valence-corrected chi connectivity index (χ2v) is 5.22. The lowest BCUT2D eigenvalue weighted by atomic mass is 9.64. The molecule has 15 heavy (non-hydrogen) atoms. The summed E-state index contributed by atoms with van der Waals surface area (Å²) in [5, 5.41) is 0. The van der Waals surface area contributed by atoms with Crippen LogP contribution in [0.3, 0.4) is 0 Å². The van der Waals surface area contributed by atoms with E-state index in [-0.39, 0.29) is 11.5 Å². The summed E-state index contributed by atoms with van der Waals surface area (Å²) in [4.78, 5) is 10.4. The fourth-order valence-corrected chi connectivity index (χ4v) is 2.55. The number of ether oxygens (including phenoxy) is 1. The molecule has 0 bridgehead atoms. The Bertz CT molecular complexity index is 274. The molecule has 0 spiro atoms. The number of rotatable bonds is 3. The molecule has 0 saturated carbocycles. The Labute approximate surface area is 92.7 Å². The fourth-order valence-electron chi connectivity index (χ4n) is 2.55. The van der Waals surface area contributed by atoms with Gasteiger partial charge < -0.3 is 4.74 Å². The van der Waals surface area contributed by atoms with E-state index in [1.165, 1.54) is 11.1 Å². The van der Waals surface area contributed by atoms with Gasteiger partial charge in [-0.05, 0) is 39.5 Å². The van der Waals surface area contributed by atoms with Gasteiger partial charge in [-0.2, -0.15) is 0 Å². The zero-order chi connectivity index (χ0) is 11.6. The van der Waals surface area contributed by atoms with E-state index in [1.54, 1.807) is 0 Å². The maximum absolute atomic E-state index is 10.4. The average Bonchev–Trinajstić information content (AvgIpc) is 2.15. The zero-order valence-corrected chi connectivity index (χ0v) is 10.5. The molecule has 3 atom stereocenters. The summed E-state index contributed by atoms with van der Waals surface area (Å²) in [7, 11) is 0. The van der Waals surface area contributed by atoms with Crippen molar-refractivity contribution in [3.05, 3.63) is 11.1 Å².